The minimum atomic E-state index is -0.333. The molecule has 3 aromatic rings. The summed E-state index contributed by atoms with van der Waals surface area (Å²) >= 11 is 3.37. The minimum Gasteiger partial charge on any atom is -0.299 e. The van der Waals surface area contributed by atoms with Gasteiger partial charge in [0, 0.05) is 10.0 Å². The van der Waals surface area contributed by atoms with Crippen LogP contribution in [0.3, 0.4) is 0 Å². The third kappa shape index (κ3) is 1.64. The molecule has 0 fully saturated rings. The van der Waals surface area contributed by atoms with Gasteiger partial charge in [0.1, 0.15) is 5.69 Å². The molecule has 17 heavy (non-hydrogen) atoms. The Labute approximate surface area is 103 Å². The molecule has 84 valence electrons. The number of nitrogens with one attached hydrogen (secondary N) is 1. The number of H-pyrrole nitrogens is 1. The fraction of sp³-hybridized carbons (Fsp3) is 0. The molecule has 0 aliphatic rings. The molecule has 0 saturated heterocycles. The van der Waals surface area contributed by atoms with Gasteiger partial charge in [0.2, 0.25) is 11.3 Å². The van der Waals surface area contributed by atoms with Gasteiger partial charge in [-0.3, -0.25) is 9.78 Å². The molecule has 0 atom stereocenters. The lowest BCUT2D eigenvalue weighted by Crippen LogP contribution is -2.11. The minimum absolute atomic E-state index is 0.241. The van der Waals surface area contributed by atoms with E-state index in [-0.39, 0.29) is 22.5 Å². The van der Waals surface area contributed by atoms with Gasteiger partial charge in [-0.2, -0.15) is 0 Å². The van der Waals surface area contributed by atoms with Crippen LogP contribution in [0, 0.1) is 0 Å². The number of halogens is 1. The Kier molecular flexibility index (Phi) is 2.25. The van der Waals surface area contributed by atoms with Gasteiger partial charge in [0.15, 0.2) is 0 Å². The molecule has 7 heteroatoms. The first-order chi connectivity index (χ1) is 8.25. The third-order valence-corrected chi connectivity index (χ3v) is 2.96. The average molecular weight is 293 g/mol. The van der Waals surface area contributed by atoms with Crippen LogP contribution >= 0.6 is 15.9 Å². The summed E-state index contributed by atoms with van der Waals surface area (Å²) in [5.41, 5.74) is 1.15. The summed E-state index contributed by atoms with van der Waals surface area (Å²) in [5, 5.41) is 7.11. The van der Waals surface area contributed by atoms with Crippen molar-refractivity contribution in [1.29, 1.82) is 0 Å². The summed E-state index contributed by atoms with van der Waals surface area (Å²) in [5.74, 6) is 0. The van der Waals surface area contributed by atoms with Crippen LogP contribution in [0.15, 0.2) is 38.2 Å². The highest BCUT2D eigenvalue weighted by Crippen LogP contribution is 2.24. The second-order valence-electron chi connectivity index (χ2n) is 3.33. The van der Waals surface area contributed by atoms with Gasteiger partial charge in [0.25, 0.3) is 5.56 Å². The number of aromatic amines is 1. The standard InChI is InChI=1S/C10H5BrN4O2/c11-6-4-2-1-3-5(6)7-10(16)13-9-8(12-7)14-17-15-9/h1-4H,(H,13,15,16). The summed E-state index contributed by atoms with van der Waals surface area (Å²) in [6.45, 7) is 0. The molecule has 1 N–H and O–H groups in total. The predicted octanol–water partition coefficient (Wildman–Crippen LogP) is 1.74. The number of fused-ring (bicyclic) bond motifs is 1. The van der Waals surface area contributed by atoms with Crippen LogP contribution in [0.4, 0.5) is 0 Å². The maximum absolute atomic E-state index is 11.8. The van der Waals surface area contributed by atoms with Crippen molar-refractivity contribution < 1.29 is 4.63 Å². The van der Waals surface area contributed by atoms with Crippen molar-refractivity contribution in [3.8, 4) is 11.3 Å². The molecular formula is C10H5BrN4O2. The Morgan fingerprint density at radius 1 is 1.24 bits per heavy atom. The van der Waals surface area contributed by atoms with Gasteiger partial charge in [-0.15, -0.1) is 0 Å². The summed E-state index contributed by atoms with van der Waals surface area (Å²) in [6, 6.07) is 7.31. The van der Waals surface area contributed by atoms with E-state index in [9.17, 15) is 4.79 Å². The Bertz CT molecular complexity index is 749. The van der Waals surface area contributed by atoms with Crippen molar-refractivity contribution in [2.24, 2.45) is 0 Å². The van der Waals surface area contributed by atoms with E-state index in [1.807, 2.05) is 18.2 Å². The van der Waals surface area contributed by atoms with Gasteiger partial charge in [-0.05, 0) is 16.4 Å². The Balaban J connectivity index is 2.34. The summed E-state index contributed by atoms with van der Waals surface area (Å²) in [6.07, 6.45) is 0. The largest absolute Gasteiger partial charge is 0.299 e. The maximum Gasteiger partial charge on any atom is 0.276 e. The van der Waals surface area contributed by atoms with Gasteiger partial charge < -0.3 is 0 Å². The SMILES string of the molecule is O=c1[nH]c2nonc2nc1-c1ccccc1Br. The monoisotopic (exact) mass is 292 g/mol. The van der Waals surface area contributed by atoms with Crippen LogP contribution in [0.1, 0.15) is 0 Å². The van der Waals surface area contributed by atoms with Crippen molar-refractivity contribution in [3.05, 3.63) is 39.1 Å². The summed E-state index contributed by atoms with van der Waals surface area (Å²) < 4.78 is 5.28. The maximum atomic E-state index is 11.8. The van der Waals surface area contributed by atoms with Crippen molar-refractivity contribution in [2.75, 3.05) is 0 Å². The zero-order valence-electron chi connectivity index (χ0n) is 8.35. The van der Waals surface area contributed by atoms with Crippen LogP contribution < -0.4 is 5.56 Å². The molecule has 0 spiro atoms. The van der Waals surface area contributed by atoms with Crippen LogP contribution in [0.25, 0.3) is 22.6 Å². The van der Waals surface area contributed by atoms with Crippen molar-refractivity contribution in [3.63, 3.8) is 0 Å². The second kappa shape index (κ2) is 3.77. The van der Waals surface area contributed by atoms with Gasteiger partial charge >= 0.3 is 0 Å². The van der Waals surface area contributed by atoms with Crippen LogP contribution in [0.5, 0.6) is 0 Å². The molecule has 0 unspecified atom stereocenters. The first-order valence-electron chi connectivity index (χ1n) is 4.73. The second-order valence-corrected chi connectivity index (χ2v) is 4.19. The molecule has 6 nitrogen and oxygen atoms in total. The summed E-state index contributed by atoms with van der Waals surface area (Å²) in [4.78, 5) is 18.5. The lowest BCUT2D eigenvalue weighted by atomic mass is 10.1. The quantitative estimate of drug-likeness (QED) is 0.738. The molecule has 1 aromatic carbocycles. The first kappa shape index (κ1) is 10.2. The number of benzene rings is 1. The van der Waals surface area contributed by atoms with E-state index in [4.69, 9.17) is 0 Å². The molecule has 0 aliphatic carbocycles. The molecule has 0 aliphatic heterocycles. The van der Waals surface area contributed by atoms with E-state index >= 15 is 0 Å². The Hall–Kier alpha value is -2.02. The highest BCUT2D eigenvalue weighted by molar-refractivity contribution is 9.10. The van der Waals surface area contributed by atoms with Crippen molar-refractivity contribution in [1.82, 2.24) is 20.3 Å². The van der Waals surface area contributed by atoms with Crippen LogP contribution in [-0.4, -0.2) is 20.3 Å². The lowest BCUT2D eigenvalue weighted by molar-refractivity contribution is 0.314. The number of hydrogen-bond donors (Lipinski definition) is 1. The smallest absolute Gasteiger partial charge is 0.276 e. The van der Waals surface area contributed by atoms with E-state index in [0.717, 1.165) is 4.47 Å². The van der Waals surface area contributed by atoms with Crippen LogP contribution in [0.2, 0.25) is 0 Å². The molecule has 0 bridgehead atoms. The zero-order chi connectivity index (χ0) is 11.8. The predicted molar refractivity (Wildman–Crippen MR) is 63.4 cm³/mol. The summed E-state index contributed by atoms with van der Waals surface area (Å²) in [7, 11) is 0. The van der Waals surface area contributed by atoms with Crippen molar-refractivity contribution >= 4 is 27.2 Å². The highest BCUT2D eigenvalue weighted by Gasteiger charge is 2.12. The number of rotatable bonds is 1. The zero-order valence-corrected chi connectivity index (χ0v) is 9.93. The van der Waals surface area contributed by atoms with Gasteiger partial charge in [-0.1, -0.05) is 34.1 Å². The van der Waals surface area contributed by atoms with E-state index in [1.165, 1.54) is 0 Å². The Morgan fingerprint density at radius 3 is 2.88 bits per heavy atom. The van der Waals surface area contributed by atoms with Gasteiger partial charge in [-0.25, -0.2) is 9.61 Å². The molecule has 0 saturated carbocycles. The number of aromatic nitrogens is 4. The van der Waals surface area contributed by atoms with E-state index in [2.05, 4.69) is 40.8 Å². The number of nitrogens with zero attached hydrogens (tertiary/aromatic N) is 3. The van der Waals surface area contributed by atoms with Gasteiger partial charge in [0.05, 0.1) is 0 Å². The van der Waals surface area contributed by atoms with Crippen molar-refractivity contribution in [2.45, 2.75) is 0 Å². The third-order valence-electron chi connectivity index (χ3n) is 2.26. The number of hydrogen-bond acceptors (Lipinski definition) is 5. The van der Waals surface area contributed by atoms with Crippen LogP contribution in [-0.2, 0) is 0 Å². The molecule has 2 aromatic heterocycles. The Morgan fingerprint density at radius 2 is 2.06 bits per heavy atom. The first-order valence-corrected chi connectivity index (χ1v) is 5.52. The average Bonchev–Trinajstić information content (AvgIpc) is 2.76. The molecule has 0 radical (unpaired) electrons. The molecule has 2 heterocycles. The molecular weight excluding hydrogens is 288 g/mol. The molecule has 3 rings (SSSR count). The molecule has 0 amide bonds. The topological polar surface area (TPSA) is 84.7 Å². The highest BCUT2D eigenvalue weighted by atomic mass is 79.9. The van der Waals surface area contributed by atoms with E-state index in [0.29, 0.717) is 5.56 Å². The van der Waals surface area contributed by atoms with E-state index < -0.39 is 0 Å². The fourth-order valence-electron chi connectivity index (χ4n) is 1.50. The lowest BCUT2D eigenvalue weighted by Gasteiger charge is -2.01. The normalized spacial score (nSPS) is 10.9. The fourth-order valence-corrected chi connectivity index (χ4v) is 1.97. The van der Waals surface area contributed by atoms with E-state index in [1.54, 1.807) is 6.07 Å².